The second kappa shape index (κ2) is 6.21. The van der Waals surface area contributed by atoms with E-state index in [0.29, 0.717) is 26.2 Å². The summed E-state index contributed by atoms with van der Waals surface area (Å²) in [5.41, 5.74) is -0.826. The van der Waals surface area contributed by atoms with Gasteiger partial charge in [-0.25, -0.2) is 8.78 Å². The highest BCUT2D eigenvalue weighted by Crippen LogP contribution is 2.30. The summed E-state index contributed by atoms with van der Waals surface area (Å²) in [6, 6.07) is 2.95. The third-order valence-corrected chi connectivity index (χ3v) is 4.38. The zero-order valence-electron chi connectivity index (χ0n) is 13.6. The Morgan fingerprint density at radius 3 is 2.83 bits per heavy atom. The second-order valence-corrected chi connectivity index (χ2v) is 5.99. The van der Waals surface area contributed by atoms with Crippen molar-refractivity contribution in [1.29, 1.82) is 5.26 Å². The van der Waals surface area contributed by atoms with Gasteiger partial charge >= 0.3 is 0 Å². The van der Waals surface area contributed by atoms with Gasteiger partial charge in [0.2, 0.25) is 5.43 Å². The van der Waals surface area contributed by atoms with E-state index in [-0.39, 0.29) is 28.2 Å². The normalized spacial score (nSPS) is 18.0. The van der Waals surface area contributed by atoms with E-state index in [0.717, 1.165) is 6.07 Å². The number of nitriles is 1. The molecule has 24 heavy (non-hydrogen) atoms. The van der Waals surface area contributed by atoms with Gasteiger partial charge in [-0.1, -0.05) is 0 Å². The minimum absolute atomic E-state index is 0.0454. The maximum absolute atomic E-state index is 15.2. The zero-order valence-corrected chi connectivity index (χ0v) is 13.6. The zero-order chi connectivity index (χ0) is 17.4. The van der Waals surface area contributed by atoms with Gasteiger partial charge in [-0.15, -0.1) is 0 Å². The fraction of sp³-hybridized carbons (Fsp3) is 0.412. The number of rotatable bonds is 2. The highest BCUT2D eigenvalue weighted by atomic mass is 19.1. The fourth-order valence-corrected chi connectivity index (χ4v) is 3.23. The predicted molar refractivity (Wildman–Crippen MR) is 88.2 cm³/mol. The lowest BCUT2D eigenvalue weighted by Crippen LogP contribution is -2.49. The van der Waals surface area contributed by atoms with Crippen molar-refractivity contribution < 1.29 is 8.78 Å². The number of anilines is 1. The van der Waals surface area contributed by atoms with Gasteiger partial charge in [0.1, 0.15) is 23.1 Å². The number of fused-ring (bicyclic) bond motifs is 1. The third kappa shape index (κ3) is 2.53. The summed E-state index contributed by atoms with van der Waals surface area (Å²) in [4.78, 5) is 13.9. The molecule has 2 aromatic rings. The molecule has 1 aliphatic heterocycles. The Bertz CT molecular complexity index is 900. The molecule has 1 saturated heterocycles. The van der Waals surface area contributed by atoms with E-state index in [1.165, 1.54) is 10.8 Å². The summed E-state index contributed by atoms with van der Waals surface area (Å²) in [7, 11) is 0. The van der Waals surface area contributed by atoms with Crippen LogP contribution in [0.25, 0.3) is 10.9 Å². The van der Waals surface area contributed by atoms with Gasteiger partial charge < -0.3 is 14.8 Å². The Labute approximate surface area is 138 Å². The molecule has 0 aliphatic carbocycles. The van der Waals surface area contributed by atoms with Crippen molar-refractivity contribution in [2.24, 2.45) is 0 Å². The van der Waals surface area contributed by atoms with E-state index < -0.39 is 17.1 Å². The topological polar surface area (TPSA) is 61.1 Å². The molecule has 126 valence electrons. The molecule has 1 N–H and O–H groups in total. The van der Waals surface area contributed by atoms with Gasteiger partial charge in [-0.3, -0.25) is 4.79 Å². The van der Waals surface area contributed by atoms with E-state index in [1.807, 2.05) is 6.92 Å². The highest BCUT2D eigenvalue weighted by molar-refractivity contribution is 5.85. The number of hydrogen-bond donors (Lipinski definition) is 1. The number of aryl methyl sites for hydroxylation is 1. The molecule has 3 rings (SSSR count). The van der Waals surface area contributed by atoms with E-state index >= 15 is 4.39 Å². The quantitative estimate of drug-likeness (QED) is 0.913. The van der Waals surface area contributed by atoms with Crippen molar-refractivity contribution >= 4 is 16.6 Å². The lowest BCUT2D eigenvalue weighted by Gasteiger charge is -2.34. The van der Waals surface area contributed by atoms with Crippen LogP contribution in [0.1, 0.15) is 19.4 Å². The van der Waals surface area contributed by atoms with Gasteiger partial charge in [-0.2, -0.15) is 5.26 Å². The summed E-state index contributed by atoms with van der Waals surface area (Å²) in [6.45, 7) is 5.68. The van der Waals surface area contributed by atoms with Gasteiger partial charge in [0.25, 0.3) is 0 Å². The molecule has 2 heterocycles. The van der Waals surface area contributed by atoms with Crippen LogP contribution in [0, 0.1) is 23.0 Å². The van der Waals surface area contributed by atoms with Crippen LogP contribution < -0.4 is 15.6 Å². The second-order valence-electron chi connectivity index (χ2n) is 5.99. The Kier molecular flexibility index (Phi) is 4.24. The van der Waals surface area contributed by atoms with Crippen molar-refractivity contribution in [2.75, 3.05) is 24.5 Å². The minimum Gasteiger partial charge on any atom is -0.364 e. The predicted octanol–water partition coefficient (Wildman–Crippen LogP) is 1.97. The maximum Gasteiger partial charge on any atom is 0.207 e. The number of pyridine rings is 1. The molecule has 1 aromatic carbocycles. The van der Waals surface area contributed by atoms with Crippen LogP contribution in [0.5, 0.6) is 0 Å². The first-order valence-electron chi connectivity index (χ1n) is 7.91. The number of hydrogen-bond acceptors (Lipinski definition) is 4. The average molecular weight is 332 g/mol. The van der Waals surface area contributed by atoms with Gasteiger partial charge in [-0.05, 0) is 19.9 Å². The first-order chi connectivity index (χ1) is 11.5. The minimum atomic E-state index is -0.774. The Morgan fingerprint density at radius 2 is 2.21 bits per heavy atom. The van der Waals surface area contributed by atoms with Crippen LogP contribution in [0.2, 0.25) is 0 Å². The molecular weight excluding hydrogens is 314 g/mol. The molecular formula is C17H18F2N4O. The molecule has 5 nitrogen and oxygen atoms in total. The molecule has 0 amide bonds. The van der Waals surface area contributed by atoms with Crippen LogP contribution >= 0.6 is 0 Å². The molecule has 0 spiro atoms. The number of aromatic nitrogens is 1. The van der Waals surface area contributed by atoms with Gasteiger partial charge in [0.05, 0.1) is 10.9 Å². The monoisotopic (exact) mass is 332 g/mol. The van der Waals surface area contributed by atoms with Crippen LogP contribution in [-0.4, -0.2) is 30.2 Å². The van der Waals surface area contributed by atoms with Crippen molar-refractivity contribution in [3.8, 4) is 6.07 Å². The Balaban J connectivity index is 2.31. The van der Waals surface area contributed by atoms with Crippen LogP contribution in [0.4, 0.5) is 14.5 Å². The van der Waals surface area contributed by atoms with Crippen molar-refractivity contribution in [1.82, 2.24) is 9.88 Å². The lowest BCUT2D eigenvalue weighted by atomic mass is 10.1. The number of nitrogens with one attached hydrogen (secondary N) is 1. The van der Waals surface area contributed by atoms with E-state index in [4.69, 9.17) is 5.26 Å². The number of benzene rings is 1. The summed E-state index contributed by atoms with van der Waals surface area (Å²) < 4.78 is 31.3. The van der Waals surface area contributed by atoms with E-state index in [1.54, 1.807) is 17.9 Å². The molecule has 0 radical (unpaired) electrons. The van der Waals surface area contributed by atoms with Crippen LogP contribution in [0.3, 0.4) is 0 Å². The Morgan fingerprint density at radius 1 is 1.46 bits per heavy atom. The molecule has 1 fully saturated rings. The molecule has 0 bridgehead atoms. The number of piperazine rings is 1. The molecule has 1 atom stereocenters. The molecule has 7 heteroatoms. The summed E-state index contributed by atoms with van der Waals surface area (Å²) >= 11 is 0. The maximum atomic E-state index is 15.2. The fourth-order valence-electron chi connectivity index (χ4n) is 3.23. The largest absolute Gasteiger partial charge is 0.364 e. The average Bonchev–Trinajstić information content (AvgIpc) is 2.56. The van der Waals surface area contributed by atoms with Gasteiger partial charge in [0.15, 0.2) is 5.82 Å². The summed E-state index contributed by atoms with van der Waals surface area (Å²) in [5.74, 6) is -1.52. The molecule has 1 aromatic heterocycles. The number of halogens is 2. The third-order valence-electron chi connectivity index (χ3n) is 4.38. The van der Waals surface area contributed by atoms with Crippen molar-refractivity contribution in [2.45, 2.75) is 26.4 Å². The highest BCUT2D eigenvalue weighted by Gasteiger charge is 2.26. The van der Waals surface area contributed by atoms with Crippen molar-refractivity contribution in [3.05, 3.63) is 39.7 Å². The smallest absolute Gasteiger partial charge is 0.207 e. The van der Waals surface area contributed by atoms with Crippen molar-refractivity contribution in [3.63, 3.8) is 0 Å². The first kappa shape index (κ1) is 16.4. The standard InChI is InChI=1S/C17H18F2N4O/c1-3-22-9-11(7-20)17(24)12-6-13(18)16(14(19)15(12)22)23-5-4-21-10(2)8-23/h6,9-10,21H,3-5,8H2,1-2H3. The van der Waals surface area contributed by atoms with Crippen LogP contribution in [-0.2, 0) is 6.54 Å². The molecule has 0 saturated carbocycles. The van der Waals surface area contributed by atoms with Gasteiger partial charge in [0, 0.05) is 38.4 Å². The Hall–Kier alpha value is -2.46. The summed E-state index contributed by atoms with van der Waals surface area (Å²) in [6.07, 6.45) is 1.33. The number of nitrogens with zero attached hydrogens (tertiary/aromatic N) is 3. The lowest BCUT2D eigenvalue weighted by molar-refractivity contribution is 0.470. The van der Waals surface area contributed by atoms with Crippen LogP contribution in [0.15, 0.2) is 17.1 Å². The first-order valence-corrected chi connectivity index (χ1v) is 7.91. The molecule has 1 aliphatic rings. The van der Waals surface area contributed by atoms with E-state index in [9.17, 15) is 9.18 Å². The SMILES string of the molecule is CCn1cc(C#N)c(=O)c2cc(F)c(N3CCNC(C)C3)c(F)c21. The van der Waals surface area contributed by atoms with E-state index in [2.05, 4.69) is 5.32 Å². The molecule has 1 unspecified atom stereocenters. The summed E-state index contributed by atoms with van der Waals surface area (Å²) in [5, 5.41) is 12.2.